The number of piperidine rings is 1. The summed E-state index contributed by atoms with van der Waals surface area (Å²) >= 11 is 0. The molecule has 0 aromatic rings. The number of hydrogen-bond donors (Lipinski definition) is 1. The highest BCUT2D eigenvalue weighted by molar-refractivity contribution is 4.74. The first-order chi connectivity index (χ1) is 8.86. The molecule has 1 saturated heterocycles. The topological polar surface area (TPSA) is 15.3 Å². The maximum Gasteiger partial charge on any atom is 0.00670 e. The minimum absolute atomic E-state index is 0.825. The molecule has 0 radical (unpaired) electrons. The molecular weight excluding hydrogens is 220 g/mol. The van der Waals surface area contributed by atoms with Crippen molar-refractivity contribution in [3.05, 3.63) is 0 Å². The van der Waals surface area contributed by atoms with Gasteiger partial charge in [-0.05, 0) is 58.7 Å². The molecule has 1 N–H and O–H groups in total. The van der Waals surface area contributed by atoms with E-state index >= 15 is 0 Å². The summed E-state index contributed by atoms with van der Waals surface area (Å²) in [5.74, 6) is 0. The third-order valence-corrected chi connectivity index (χ3v) is 4.85. The molecule has 1 atom stereocenters. The molecule has 18 heavy (non-hydrogen) atoms. The van der Waals surface area contributed by atoms with Crippen LogP contribution in [0, 0.1) is 0 Å². The molecule has 2 heteroatoms. The minimum atomic E-state index is 0.825. The summed E-state index contributed by atoms with van der Waals surface area (Å²) in [5.41, 5.74) is 0. The van der Waals surface area contributed by atoms with Crippen molar-refractivity contribution in [3.8, 4) is 0 Å². The van der Waals surface area contributed by atoms with Crippen LogP contribution >= 0.6 is 0 Å². The molecule has 0 spiro atoms. The van der Waals surface area contributed by atoms with Crippen LogP contribution in [-0.2, 0) is 0 Å². The molecule has 1 heterocycles. The minimum Gasteiger partial charge on any atom is -0.314 e. The molecular formula is C16H32N2. The van der Waals surface area contributed by atoms with Gasteiger partial charge in [0.1, 0.15) is 0 Å². The summed E-state index contributed by atoms with van der Waals surface area (Å²) in [7, 11) is 0. The van der Waals surface area contributed by atoms with E-state index in [0.717, 1.165) is 12.1 Å². The Balaban J connectivity index is 1.54. The fraction of sp³-hybridized carbons (Fsp3) is 1.00. The molecule has 1 aliphatic carbocycles. The standard InChI is InChI=1S/C16H32N2/c1-15-9-6-7-13-18(15)14-8-12-17-16-10-4-2-3-5-11-16/h15-17H,2-14H2,1H3/t15-/m0/s1. The van der Waals surface area contributed by atoms with E-state index in [1.165, 1.54) is 83.8 Å². The largest absolute Gasteiger partial charge is 0.314 e. The van der Waals surface area contributed by atoms with Gasteiger partial charge in [-0.2, -0.15) is 0 Å². The van der Waals surface area contributed by atoms with Gasteiger partial charge >= 0.3 is 0 Å². The van der Waals surface area contributed by atoms with Crippen molar-refractivity contribution >= 4 is 0 Å². The van der Waals surface area contributed by atoms with Crippen LogP contribution in [0.5, 0.6) is 0 Å². The molecule has 0 bridgehead atoms. The van der Waals surface area contributed by atoms with Crippen LogP contribution in [0.25, 0.3) is 0 Å². The predicted octanol–water partition coefficient (Wildman–Crippen LogP) is 3.56. The van der Waals surface area contributed by atoms with Gasteiger partial charge in [-0.1, -0.05) is 32.1 Å². The summed E-state index contributed by atoms with van der Waals surface area (Å²) in [6.45, 7) is 6.28. The van der Waals surface area contributed by atoms with Crippen LogP contribution in [0.3, 0.4) is 0 Å². The average molecular weight is 252 g/mol. The summed E-state index contributed by atoms with van der Waals surface area (Å²) in [5, 5.41) is 3.79. The van der Waals surface area contributed by atoms with Crippen LogP contribution in [0.4, 0.5) is 0 Å². The number of nitrogens with one attached hydrogen (secondary N) is 1. The lowest BCUT2D eigenvalue weighted by atomic mass is 10.0. The zero-order valence-electron chi connectivity index (χ0n) is 12.3. The summed E-state index contributed by atoms with van der Waals surface area (Å²) < 4.78 is 0. The van der Waals surface area contributed by atoms with Crippen molar-refractivity contribution in [2.45, 2.75) is 83.2 Å². The smallest absolute Gasteiger partial charge is 0.00670 e. The zero-order valence-corrected chi connectivity index (χ0v) is 12.3. The molecule has 2 nitrogen and oxygen atoms in total. The summed E-state index contributed by atoms with van der Waals surface area (Å²) in [6.07, 6.45) is 14.3. The second kappa shape index (κ2) is 8.16. The van der Waals surface area contributed by atoms with Gasteiger partial charge in [0.2, 0.25) is 0 Å². The molecule has 0 aromatic heterocycles. The molecule has 2 fully saturated rings. The van der Waals surface area contributed by atoms with E-state index in [1.54, 1.807) is 0 Å². The van der Waals surface area contributed by atoms with Gasteiger partial charge in [-0.15, -0.1) is 0 Å². The maximum absolute atomic E-state index is 3.79. The van der Waals surface area contributed by atoms with Gasteiger partial charge in [-0.3, -0.25) is 0 Å². The van der Waals surface area contributed by atoms with Gasteiger partial charge in [0.15, 0.2) is 0 Å². The fourth-order valence-corrected chi connectivity index (χ4v) is 3.56. The summed E-state index contributed by atoms with van der Waals surface area (Å²) in [6, 6.07) is 1.66. The molecule has 2 aliphatic rings. The zero-order chi connectivity index (χ0) is 12.6. The Morgan fingerprint density at radius 1 is 0.944 bits per heavy atom. The van der Waals surface area contributed by atoms with Crippen molar-refractivity contribution < 1.29 is 0 Å². The first kappa shape index (κ1) is 14.3. The quantitative estimate of drug-likeness (QED) is 0.594. The van der Waals surface area contributed by atoms with E-state index in [2.05, 4.69) is 17.1 Å². The third-order valence-electron chi connectivity index (χ3n) is 4.85. The highest BCUT2D eigenvalue weighted by atomic mass is 15.2. The first-order valence-corrected chi connectivity index (χ1v) is 8.33. The van der Waals surface area contributed by atoms with E-state index < -0.39 is 0 Å². The van der Waals surface area contributed by atoms with Crippen molar-refractivity contribution in [2.75, 3.05) is 19.6 Å². The van der Waals surface area contributed by atoms with Gasteiger partial charge in [0.05, 0.1) is 0 Å². The second-order valence-electron chi connectivity index (χ2n) is 6.38. The van der Waals surface area contributed by atoms with Crippen molar-refractivity contribution in [1.82, 2.24) is 10.2 Å². The lowest BCUT2D eigenvalue weighted by Crippen LogP contribution is -2.39. The van der Waals surface area contributed by atoms with Gasteiger partial charge in [0, 0.05) is 12.1 Å². The van der Waals surface area contributed by atoms with Crippen molar-refractivity contribution in [3.63, 3.8) is 0 Å². The number of hydrogen-bond acceptors (Lipinski definition) is 2. The highest BCUT2D eigenvalue weighted by Gasteiger charge is 2.17. The van der Waals surface area contributed by atoms with E-state index in [-0.39, 0.29) is 0 Å². The number of nitrogens with zero attached hydrogens (tertiary/aromatic N) is 1. The molecule has 0 unspecified atom stereocenters. The van der Waals surface area contributed by atoms with Gasteiger partial charge in [0.25, 0.3) is 0 Å². The maximum atomic E-state index is 3.79. The molecule has 0 aromatic carbocycles. The van der Waals surface area contributed by atoms with E-state index in [9.17, 15) is 0 Å². The Bertz CT molecular complexity index is 209. The normalized spacial score (nSPS) is 28.2. The molecule has 1 aliphatic heterocycles. The Morgan fingerprint density at radius 3 is 2.39 bits per heavy atom. The first-order valence-electron chi connectivity index (χ1n) is 8.33. The lowest BCUT2D eigenvalue weighted by molar-refractivity contribution is 0.158. The van der Waals surface area contributed by atoms with E-state index in [4.69, 9.17) is 0 Å². The average Bonchev–Trinajstić information content (AvgIpc) is 2.65. The van der Waals surface area contributed by atoms with E-state index in [1.807, 2.05) is 0 Å². The third kappa shape index (κ3) is 4.89. The van der Waals surface area contributed by atoms with E-state index in [0.29, 0.717) is 0 Å². The molecule has 1 saturated carbocycles. The Kier molecular flexibility index (Phi) is 6.50. The molecule has 0 amide bonds. The van der Waals surface area contributed by atoms with Crippen LogP contribution in [0.2, 0.25) is 0 Å². The second-order valence-corrected chi connectivity index (χ2v) is 6.38. The fourth-order valence-electron chi connectivity index (χ4n) is 3.56. The van der Waals surface area contributed by atoms with Crippen molar-refractivity contribution in [1.29, 1.82) is 0 Å². The molecule has 106 valence electrons. The van der Waals surface area contributed by atoms with Crippen LogP contribution in [0.15, 0.2) is 0 Å². The Hall–Kier alpha value is -0.0800. The van der Waals surface area contributed by atoms with Gasteiger partial charge < -0.3 is 10.2 Å². The molecule has 2 rings (SSSR count). The number of likely N-dealkylation sites (tertiary alicyclic amines) is 1. The monoisotopic (exact) mass is 252 g/mol. The predicted molar refractivity (Wildman–Crippen MR) is 79.0 cm³/mol. The van der Waals surface area contributed by atoms with Crippen molar-refractivity contribution in [2.24, 2.45) is 0 Å². The van der Waals surface area contributed by atoms with Crippen LogP contribution < -0.4 is 5.32 Å². The highest BCUT2D eigenvalue weighted by Crippen LogP contribution is 2.18. The lowest BCUT2D eigenvalue weighted by Gasteiger charge is -2.33. The van der Waals surface area contributed by atoms with Crippen LogP contribution in [0.1, 0.15) is 71.1 Å². The Morgan fingerprint density at radius 2 is 1.67 bits per heavy atom. The summed E-state index contributed by atoms with van der Waals surface area (Å²) in [4.78, 5) is 2.69. The van der Waals surface area contributed by atoms with Crippen LogP contribution in [-0.4, -0.2) is 36.6 Å². The Labute approximate surface area is 114 Å². The number of rotatable bonds is 5. The SMILES string of the molecule is C[C@H]1CCCCN1CCCNC1CCCCCC1. The van der Waals surface area contributed by atoms with Gasteiger partial charge in [-0.25, -0.2) is 0 Å².